The molecule has 0 radical (unpaired) electrons. The Labute approximate surface area is 139 Å². The van der Waals surface area contributed by atoms with Crippen LogP contribution in [0.15, 0.2) is 24.3 Å². The fraction of sp³-hybridized carbons (Fsp3) is 0.632. The third-order valence-electron chi connectivity index (χ3n) is 5.46. The van der Waals surface area contributed by atoms with Crippen molar-refractivity contribution in [1.29, 1.82) is 0 Å². The van der Waals surface area contributed by atoms with Gasteiger partial charge in [0.15, 0.2) is 0 Å². The molecule has 1 saturated heterocycles. The van der Waals surface area contributed by atoms with Crippen LogP contribution in [0.4, 0.5) is 0 Å². The SMILES string of the molecule is COc1ccc(C(=O)N2CC[NH+](C3CCCCCC3)CC2)cc1. The number of hydrogen-bond acceptors (Lipinski definition) is 2. The van der Waals surface area contributed by atoms with Gasteiger partial charge in [0.05, 0.1) is 39.3 Å². The second-order valence-corrected chi connectivity index (χ2v) is 6.87. The second-order valence-electron chi connectivity index (χ2n) is 6.87. The number of methoxy groups -OCH3 is 1. The van der Waals surface area contributed by atoms with Gasteiger partial charge in [-0.25, -0.2) is 0 Å². The van der Waals surface area contributed by atoms with Gasteiger partial charge in [-0.1, -0.05) is 12.8 Å². The Balaban J connectivity index is 1.54. The summed E-state index contributed by atoms with van der Waals surface area (Å²) in [6, 6.07) is 8.29. The third kappa shape index (κ3) is 4.05. The molecule has 1 amide bonds. The first-order chi connectivity index (χ1) is 11.3. The zero-order chi connectivity index (χ0) is 16.1. The molecule has 0 atom stereocenters. The lowest BCUT2D eigenvalue weighted by Crippen LogP contribution is -3.18. The maximum absolute atomic E-state index is 12.6. The molecule has 126 valence electrons. The highest BCUT2D eigenvalue weighted by molar-refractivity contribution is 5.94. The number of amides is 1. The van der Waals surface area contributed by atoms with Crippen molar-refractivity contribution < 1.29 is 14.4 Å². The van der Waals surface area contributed by atoms with Gasteiger partial charge in [-0.3, -0.25) is 4.79 Å². The smallest absolute Gasteiger partial charge is 0.254 e. The maximum Gasteiger partial charge on any atom is 0.254 e. The Morgan fingerprint density at radius 3 is 2.22 bits per heavy atom. The van der Waals surface area contributed by atoms with Crippen molar-refractivity contribution in [2.45, 2.75) is 44.6 Å². The van der Waals surface area contributed by atoms with E-state index in [2.05, 4.69) is 0 Å². The van der Waals surface area contributed by atoms with E-state index in [1.165, 1.54) is 38.5 Å². The van der Waals surface area contributed by atoms with Crippen molar-refractivity contribution in [2.75, 3.05) is 33.3 Å². The molecular weight excluding hydrogens is 288 g/mol. The molecule has 1 aromatic carbocycles. The van der Waals surface area contributed by atoms with Crippen LogP contribution in [-0.2, 0) is 0 Å². The fourth-order valence-electron chi connectivity index (χ4n) is 4.01. The summed E-state index contributed by atoms with van der Waals surface area (Å²) < 4.78 is 5.16. The Hall–Kier alpha value is -1.55. The summed E-state index contributed by atoms with van der Waals surface area (Å²) in [6.45, 7) is 3.98. The number of nitrogens with zero attached hydrogens (tertiary/aromatic N) is 1. The fourth-order valence-corrected chi connectivity index (χ4v) is 4.01. The van der Waals surface area contributed by atoms with Gasteiger partial charge in [-0.2, -0.15) is 0 Å². The van der Waals surface area contributed by atoms with E-state index in [0.717, 1.165) is 43.5 Å². The molecule has 1 N–H and O–H groups in total. The van der Waals surface area contributed by atoms with Crippen molar-refractivity contribution in [3.05, 3.63) is 29.8 Å². The van der Waals surface area contributed by atoms with E-state index in [0.29, 0.717) is 0 Å². The summed E-state index contributed by atoms with van der Waals surface area (Å²) in [5.41, 5.74) is 0.767. The summed E-state index contributed by atoms with van der Waals surface area (Å²) in [5, 5.41) is 0. The second kappa shape index (κ2) is 7.82. The molecule has 1 heterocycles. The minimum Gasteiger partial charge on any atom is -0.497 e. The summed E-state index contributed by atoms with van der Waals surface area (Å²) >= 11 is 0. The van der Waals surface area contributed by atoms with Gasteiger partial charge in [0, 0.05) is 5.56 Å². The first kappa shape index (κ1) is 16.3. The van der Waals surface area contributed by atoms with E-state index in [1.54, 1.807) is 12.0 Å². The van der Waals surface area contributed by atoms with Crippen molar-refractivity contribution >= 4 is 5.91 Å². The van der Waals surface area contributed by atoms with Gasteiger partial charge in [-0.15, -0.1) is 0 Å². The molecule has 1 aliphatic heterocycles. The lowest BCUT2D eigenvalue weighted by molar-refractivity contribution is -0.929. The van der Waals surface area contributed by atoms with Crippen LogP contribution >= 0.6 is 0 Å². The van der Waals surface area contributed by atoms with Crippen molar-refractivity contribution in [1.82, 2.24) is 4.90 Å². The van der Waals surface area contributed by atoms with Crippen molar-refractivity contribution in [2.24, 2.45) is 0 Å². The number of piperazine rings is 1. The van der Waals surface area contributed by atoms with Crippen LogP contribution in [0, 0.1) is 0 Å². The lowest BCUT2D eigenvalue weighted by atomic mass is 10.1. The van der Waals surface area contributed by atoms with Gasteiger partial charge in [0.25, 0.3) is 5.91 Å². The molecule has 0 bridgehead atoms. The highest BCUT2D eigenvalue weighted by Crippen LogP contribution is 2.16. The predicted octanol–water partition coefficient (Wildman–Crippen LogP) is 1.76. The average Bonchev–Trinajstić information content (AvgIpc) is 2.91. The van der Waals surface area contributed by atoms with Crippen LogP contribution in [0.3, 0.4) is 0 Å². The summed E-state index contributed by atoms with van der Waals surface area (Å²) in [7, 11) is 1.65. The third-order valence-corrected chi connectivity index (χ3v) is 5.46. The standard InChI is InChI=1S/C19H28N2O2/c1-23-18-10-8-16(9-11-18)19(22)21-14-12-20(13-15-21)17-6-4-2-3-5-7-17/h8-11,17H,2-7,12-15H2,1H3/p+1. The van der Waals surface area contributed by atoms with E-state index in [1.807, 2.05) is 29.2 Å². The first-order valence-corrected chi connectivity index (χ1v) is 9.06. The van der Waals surface area contributed by atoms with E-state index in [4.69, 9.17) is 4.74 Å². The van der Waals surface area contributed by atoms with Crippen LogP contribution < -0.4 is 9.64 Å². The summed E-state index contributed by atoms with van der Waals surface area (Å²) in [4.78, 5) is 16.4. The van der Waals surface area contributed by atoms with Gasteiger partial charge >= 0.3 is 0 Å². The molecule has 2 fully saturated rings. The quantitative estimate of drug-likeness (QED) is 0.862. The molecule has 1 aromatic rings. The Morgan fingerprint density at radius 1 is 1.04 bits per heavy atom. The molecule has 23 heavy (non-hydrogen) atoms. The monoisotopic (exact) mass is 317 g/mol. The normalized spacial score (nSPS) is 21.0. The summed E-state index contributed by atoms with van der Waals surface area (Å²) in [5.74, 6) is 0.955. The zero-order valence-electron chi connectivity index (χ0n) is 14.2. The molecule has 0 unspecified atom stereocenters. The van der Waals surface area contributed by atoms with Gasteiger partial charge in [0.2, 0.25) is 0 Å². The van der Waals surface area contributed by atoms with Gasteiger partial charge < -0.3 is 14.5 Å². The molecule has 3 rings (SSSR count). The van der Waals surface area contributed by atoms with E-state index < -0.39 is 0 Å². The number of quaternary nitrogens is 1. The number of hydrogen-bond donors (Lipinski definition) is 1. The number of benzene rings is 1. The zero-order valence-corrected chi connectivity index (χ0v) is 14.2. The molecule has 1 aliphatic carbocycles. The van der Waals surface area contributed by atoms with E-state index in [-0.39, 0.29) is 5.91 Å². The van der Waals surface area contributed by atoms with Crippen molar-refractivity contribution in [3.8, 4) is 5.75 Å². The Bertz CT molecular complexity index is 499. The van der Waals surface area contributed by atoms with Crippen LogP contribution in [-0.4, -0.2) is 50.1 Å². The Morgan fingerprint density at radius 2 is 1.65 bits per heavy atom. The molecule has 0 spiro atoms. The number of rotatable bonds is 3. The van der Waals surface area contributed by atoms with Crippen LogP contribution in [0.1, 0.15) is 48.9 Å². The van der Waals surface area contributed by atoms with Gasteiger partial charge in [-0.05, 0) is 49.9 Å². The topological polar surface area (TPSA) is 34.0 Å². The number of nitrogens with one attached hydrogen (secondary N) is 1. The van der Waals surface area contributed by atoms with Crippen LogP contribution in [0.2, 0.25) is 0 Å². The minimum absolute atomic E-state index is 0.160. The minimum atomic E-state index is 0.160. The van der Waals surface area contributed by atoms with Crippen LogP contribution in [0.5, 0.6) is 5.75 Å². The molecular formula is C19H29N2O2+. The molecule has 4 nitrogen and oxygen atoms in total. The highest BCUT2D eigenvalue weighted by atomic mass is 16.5. The molecule has 1 saturated carbocycles. The number of carbonyl (C=O) groups excluding carboxylic acids is 1. The summed E-state index contributed by atoms with van der Waals surface area (Å²) in [6.07, 6.45) is 8.35. The predicted molar refractivity (Wildman–Crippen MR) is 91.1 cm³/mol. The first-order valence-electron chi connectivity index (χ1n) is 9.06. The lowest BCUT2D eigenvalue weighted by Gasteiger charge is -2.36. The number of carbonyl (C=O) groups is 1. The molecule has 2 aliphatic rings. The van der Waals surface area contributed by atoms with Crippen molar-refractivity contribution in [3.63, 3.8) is 0 Å². The average molecular weight is 317 g/mol. The molecule has 0 aromatic heterocycles. The van der Waals surface area contributed by atoms with E-state index in [9.17, 15) is 4.79 Å². The maximum atomic E-state index is 12.6. The van der Waals surface area contributed by atoms with Gasteiger partial charge in [0.1, 0.15) is 5.75 Å². The van der Waals surface area contributed by atoms with E-state index >= 15 is 0 Å². The number of ether oxygens (including phenoxy) is 1. The van der Waals surface area contributed by atoms with Crippen LogP contribution in [0.25, 0.3) is 0 Å². The molecule has 4 heteroatoms. The highest BCUT2D eigenvalue weighted by Gasteiger charge is 2.29. The largest absolute Gasteiger partial charge is 0.497 e. The Kier molecular flexibility index (Phi) is 5.55.